The molecule has 1 heterocycles. The van der Waals surface area contributed by atoms with Crippen LogP contribution in [0.3, 0.4) is 0 Å². The van der Waals surface area contributed by atoms with Gasteiger partial charge < -0.3 is 19.7 Å². The van der Waals surface area contributed by atoms with Gasteiger partial charge in [-0.2, -0.15) is 0 Å². The smallest absolute Gasteiger partial charge is 0.234 e. The summed E-state index contributed by atoms with van der Waals surface area (Å²) in [5, 5.41) is 3.08. The summed E-state index contributed by atoms with van der Waals surface area (Å²) in [5.74, 6) is 2.47. The predicted octanol–water partition coefficient (Wildman–Crippen LogP) is 2.95. The number of nitrogens with zero attached hydrogens (tertiary/aromatic N) is 2. The molecule has 0 bridgehead atoms. The topological polar surface area (TPSA) is 54.0 Å². The predicted molar refractivity (Wildman–Crippen MR) is 120 cm³/mol. The molecule has 6 heteroatoms. The fourth-order valence-electron chi connectivity index (χ4n) is 4.74. The van der Waals surface area contributed by atoms with Crippen LogP contribution in [0.2, 0.25) is 0 Å². The van der Waals surface area contributed by atoms with Crippen molar-refractivity contribution in [2.75, 3.05) is 60.0 Å². The van der Waals surface area contributed by atoms with Gasteiger partial charge in [-0.3, -0.25) is 9.69 Å². The second kappa shape index (κ2) is 12.2. The van der Waals surface area contributed by atoms with Crippen LogP contribution in [0.15, 0.2) is 18.2 Å². The molecule has 6 nitrogen and oxygen atoms in total. The quantitative estimate of drug-likeness (QED) is 0.670. The van der Waals surface area contributed by atoms with Gasteiger partial charge in [0.25, 0.3) is 0 Å². The molecule has 1 saturated carbocycles. The maximum atomic E-state index is 12.4. The van der Waals surface area contributed by atoms with Crippen LogP contribution in [0.1, 0.15) is 44.1 Å². The molecule has 1 N–H and O–H groups in total. The molecule has 2 aliphatic rings. The SMILES string of the molecule is COc1ccc(CCNC(=O)CN2CCCN(CC3CCCCC3)CC2)cc1OC. The minimum Gasteiger partial charge on any atom is -0.493 e. The highest BCUT2D eigenvalue weighted by atomic mass is 16.5. The zero-order valence-electron chi connectivity index (χ0n) is 18.8. The Morgan fingerprint density at radius 3 is 2.47 bits per heavy atom. The van der Waals surface area contributed by atoms with E-state index in [2.05, 4.69) is 15.1 Å². The van der Waals surface area contributed by atoms with Crippen molar-refractivity contribution >= 4 is 5.91 Å². The first kappa shape index (κ1) is 22.9. The largest absolute Gasteiger partial charge is 0.493 e. The zero-order chi connectivity index (χ0) is 21.2. The minimum atomic E-state index is 0.121. The van der Waals surface area contributed by atoms with Crippen LogP contribution >= 0.6 is 0 Å². The Kier molecular flexibility index (Phi) is 9.27. The highest BCUT2D eigenvalue weighted by Gasteiger charge is 2.21. The molecule has 1 aliphatic carbocycles. The third kappa shape index (κ3) is 7.17. The fraction of sp³-hybridized carbons (Fsp3) is 0.708. The Morgan fingerprint density at radius 2 is 1.70 bits per heavy atom. The van der Waals surface area contributed by atoms with E-state index >= 15 is 0 Å². The van der Waals surface area contributed by atoms with Gasteiger partial charge in [-0.1, -0.05) is 25.3 Å². The van der Waals surface area contributed by atoms with Crippen molar-refractivity contribution in [2.45, 2.75) is 44.9 Å². The second-order valence-electron chi connectivity index (χ2n) is 8.72. The van der Waals surface area contributed by atoms with Gasteiger partial charge in [-0.05, 0) is 62.4 Å². The van der Waals surface area contributed by atoms with Gasteiger partial charge in [0, 0.05) is 26.2 Å². The number of carbonyl (C=O) groups excluding carboxylic acids is 1. The highest BCUT2D eigenvalue weighted by Crippen LogP contribution is 2.27. The van der Waals surface area contributed by atoms with E-state index in [1.54, 1.807) is 14.2 Å². The number of hydrogen-bond acceptors (Lipinski definition) is 5. The van der Waals surface area contributed by atoms with E-state index in [1.165, 1.54) is 45.2 Å². The standard InChI is InChI=1S/C24H39N3O3/c1-29-22-10-9-20(17-23(22)30-2)11-12-25-24(28)19-27-14-6-13-26(15-16-27)18-21-7-4-3-5-8-21/h9-10,17,21H,3-8,11-16,18-19H2,1-2H3,(H,25,28). The van der Waals surface area contributed by atoms with Crippen LogP contribution in [-0.2, 0) is 11.2 Å². The molecular weight excluding hydrogens is 378 g/mol. The molecule has 0 aromatic heterocycles. The summed E-state index contributed by atoms with van der Waals surface area (Å²) in [5.41, 5.74) is 1.13. The number of carbonyl (C=O) groups is 1. The molecule has 1 amide bonds. The van der Waals surface area contributed by atoms with E-state index in [9.17, 15) is 4.79 Å². The summed E-state index contributed by atoms with van der Waals surface area (Å²) in [7, 11) is 3.27. The monoisotopic (exact) mass is 417 g/mol. The van der Waals surface area contributed by atoms with E-state index in [0.717, 1.165) is 55.5 Å². The summed E-state index contributed by atoms with van der Waals surface area (Å²) in [4.78, 5) is 17.4. The summed E-state index contributed by atoms with van der Waals surface area (Å²) in [6, 6.07) is 5.90. The number of benzene rings is 1. The molecule has 0 spiro atoms. The first-order valence-corrected chi connectivity index (χ1v) is 11.6. The van der Waals surface area contributed by atoms with Crippen molar-refractivity contribution in [1.82, 2.24) is 15.1 Å². The summed E-state index contributed by atoms with van der Waals surface area (Å²) >= 11 is 0. The minimum absolute atomic E-state index is 0.121. The number of methoxy groups -OCH3 is 2. The molecule has 1 aliphatic heterocycles. The number of nitrogens with one attached hydrogen (secondary N) is 1. The lowest BCUT2D eigenvalue weighted by Gasteiger charge is -2.28. The van der Waals surface area contributed by atoms with Crippen LogP contribution < -0.4 is 14.8 Å². The van der Waals surface area contributed by atoms with Gasteiger partial charge in [0.05, 0.1) is 20.8 Å². The Bertz CT molecular complexity index is 661. The van der Waals surface area contributed by atoms with Gasteiger partial charge in [0.1, 0.15) is 0 Å². The Labute approximate surface area is 181 Å². The molecule has 168 valence electrons. The highest BCUT2D eigenvalue weighted by molar-refractivity contribution is 5.78. The lowest BCUT2D eigenvalue weighted by atomic mass is 9.89. The molecule has 30 heavy (non-hydrogen) atoms. The number of amides is 1. The molecular formula is C24H39N3O3. The number of ether oxygens (including phenoxy) is 2. The molecule has 3 rings (SSSR count). The molecule has 0 unspecified atom stereocenters. The Hall–Kier alpha value is -1.79. The fourth-order valence-corrected chi connectivity index (χ4v) is 4.74. The first-order valence-electron chi connectivity index (χ1n) is 11.6. The first-order chi connectivity index (χ1) is 14.7. The van der Waals surface area contributed by atoms with Crippen LogP contribution in [0.25, 0.3) is 0 Å². The molecule has 0 atom stereocenters. The van der Waals surface area contributed by atoms with Crippen molar-refractivity contribution in [1.29, 1.82) is 0 Å². The van der Waals surface area contributed by atoms with Gasteiger partial charge >= 0.3 is 0 Å². The molecule has 1 aromatic rings. The zero-order valence-corrected chi connectivity index (χ0v) is 18.8. The number of hydrogen-bond donors (Lipinski definition) is 1. The van der Waals surface area contributed by atoms with E-state index in [4.69, 9.17) is 9.47 Å². The van der Waals surface area contributed by atoms with Crippen LogP contribution in [-0.4, -0.2) is 75.7 Å². The Morgan fingerprint density at radius 1 is 0.967 bits per heavy atom. The summed E-state index contributed by atoms with van der Waals surface area (Å²) in [6.07, 6.45) is 8.99. The molecule has 0 radical (unpaired) electrons. The average molecular weight is 418 g/mol. The van der Waals surface area contributed by atoms with Crippen molar-refractivity contribution in [3.63, 3.8) is 0 Å². The third-order valence-corrected chi connectivity index (χ3v) is 6.47. The van der Waals surface area contributed by atoms with Crippen molar-refractivity contribution < 1.29 is 14.3 Å². The lowest BCUT2D eigenvalue weighted by molar-refractivity contribution is -0.122. The van der Waals surface area contributed by atoms with E-state index in [-0.39, 0.29) is 5.91 Å². The Balaban J connectivity index is 1.35. The lowest BCUT2D eigenvalue weighted by Crippen LogP contribution is -2.40. The third-order valence-electron chi connectivity index (χ3n) is 6.47. The van der Waals surface area contributed by atoms with Crippen LogP contribution in [0.4, 0.5) is 0 Å². The van der Waals surface area contributed by atoms with Gasteiger partial charge in [-0.25, -0.2) is 0 Å². The van der Waals surface area contributed by atoms with Crippen molar-refractivity contribution in [3.05, 3.63) is 23.8 Å². The van der Waals surface area contributed by atoms with Crippen molar-refractivity contribution in [3.8, 4) is 11.5 Å². The molecule has 2 fully saturated rings. The molecule has 1 saturated heterocycles. The maximum Gasteiger partial charge on any atom is 0.234 e. The maximum absolute atomic E-state index is 12.4. The average Bonchev–Trinajstić information content (AvgIpc) is 2.99. The van der Waals surface area contributed by atoms with E-state index in [0.29, 0.717) is 13.1 Å². The van der Waals surface area contributed by atoms with Gasteiger partial charge in [-0.15, -0.1) is 0 Å². The van der Waals surface area contributed by atoms with Gasteiger partial charge in [0.2, 0.25) is 5.91 Å². The van der Waals surface area contributed by atoms with Crippen LogP contribution in [0, 0.1) is 5.92 Å². The second-order valence-corrected chi connectivity index (χ2v) is 8.72. The van der Waals surface area contributed by atoms with Crippen molar-refractivity contribution in [2.24, 2.45) is 5.92 Å². The summed E-state index contributed by atoms with van der Waals surface area (Å²) in [6.45, 7) is 6.67. The number of rotatable bonds is 9. The molecule has 1 aromatic carbocycles. The van der Waals surface area contributed by atoms with Crippen LogP contribution in [0.5, 0.6) is 11.5 Å². The van der Waals surface area contributed by atoms with Gasteiger partial charge in [0.15, 0.2) is 11.5 Å². The normalized spacial score (nSPS) is 19.3. The van der Waals surface area contributed by atoms with E-state index < -0.39 is 0 Å². The summed E-state index contributed by atoms with van der Waals surface area (Å²) < 4.78 is 10.6. The van der Waals surface area contributed by atoms with E-state index in [1.807, 2.05) is 18.2 Å².